The molecule has 1 unspecified atom stereocenters. The van der Waals surface area contributed by atoms with Crippen LogP contribution in [0.15, 0.2) is 30.3 Å². The van der Waals surface area contributed by atoms with E-state index in [4.69, 9.17) is 0 Å². The highest BCUT2D eigenvalue weighted by atomic mass is 16.3. The van der Waals surface area contributed by atoms with Crippen LogP contribution in [-0.2, 0) is 9.59 Å². The van der Waals surface area contributed by atoms with Gasteiger partial charge in [0.15, 0.2) is 0 Å². The summed E-state index contributed by atoms with van der Waals surface area (Å²) in [7, 11) is 0. The van der Waals surface area contributed by atoms with Crippen LogP contribution >= 0.6 is 0 Å². The first-order valence-electron chi connectivity index (χ1n) is 6.44. The smallest absolute Gasteiger partial charge is 0.309 e. The fourth-order valence-corrected chi connectivity index (χ4v) is 1.56. The van der Waals surface area contributed by atoms with Crippen LogP contribution in [0.5, 0.6) is 0 Å². The van der Waals surface area contributed by atoms with Crippen molar-refractivity contribution in [3.63, 3.8) is 0 Å². The molecule has 1 aromatic rings. The summed E-state index contributed by atoms with van der Waals surface area (Å²) in [6, 6.07) is 9.20. The van der Waals surface area contributed by atoms with Crippen molar-refractivity contribution in [2.45, 2.75) is 25.9 Å². The lowest BCUT2D eigenvalue weighted by molar-refractivity contribution is -0.139. The van der Waals surface area contributed by atoms with Gasteiger partial charge in [-0.25, -0.2) is 0 Å². The van der Waals surface area contributed by atoms with Gasteiger partial charge in [-0.2, -0.15) is 0 Å². The van der Waals surface area contributed by atoms with E-state index < -0.39 is 17.9 Å². The van der Waals surface area contributed by atoms with Crippen LogP contribution in [0.4, 0.5) is 0 Å². The molecule has 0 bridgehead atoms. The van der Waals surface area contributed by atoms with E-state index in [0.29, 0.717) is 13.0 Å². The number of carbonyl (C=O) groups is 2. The minimum atomic E-state index is -0.659. The number of aliphatic hydroxyl groups is 1. The summed E-state index contributed by atoms with van der Waals surface area (Å²) in [5, 5.41) is 14.8. The van der Waals surface area contributed by atoms with Crippen molar-refractivity contribution in [1.29, 1.82) is 0 Å². The molecule has 0 saturated carbocycles. The lowest BCUT2D eigenvalue weighted by Gasteiger charge is -2.11. The second-order valence-corrected chi connectivity index (χ2v) is 4.23. The topological polar surface area (TPSA) is 78.4 Å². The average Bonchev–Trinajstić information content (AvgIpc) is 2.45. The molecule has 3 N–H and O–H groups in total. The molecule has 104 valence electrons. The molecule has 0 aliphatic carbocycles. The lowest BCUT2D eigenvalue weighted by Crippen LogP contribution is -2.40. The van der Waals surface area contributed by atoms with Crippen molar-refractivity contribution < 1.29 is 14.7 Å². The zero-order chi connectivity index (χ0) is 14.1. The van der Waals surface area contributed by atoms with Crippen molar-refractivity contribution in [3.8, 4) is 0 Å². The summed E-state index contributed by atoms with van der Waals surface area (Å²) in [6.07, 6.45) is 0.517. The Morgan fingerprint density at radius 1 is 1.11 bits per heavy atom. The molecule has 0 fully saturated rings. The maximum atomic E-state index is 11.4. The van der Waals surface area contributed by atoms with Crippen molar-refractivity contribution in [2.75, 3.05) is 13.1 Å². The van der Waals surface area contributed by atoms with E-state index in [1.165, 1.54) is 0 Å². The third kappa shape index (κ3) is 5.52. The van der Waals surface area contributed by atoms with Crippen LogP contribution in [0.2, 0.25) is 0 Å². The highest BCUT2D eigenvalue weighted by Gasteiger charge is 2.13. The number of hydrogen-bond acceptors (Lipinski definition) is 3. The molecule has 0 spiro atoms. The fraction of sp³-hybridized carbons (Fsp3) is 0.429. The van der Waals surface area contributed by atoms with Gasteiger partial charge >= 0.3 is 11.8 Å². The van der Waals surface area contributed by atoms with Gasteiger partial charge in [0.25, 0.3) is 0 Å². The van der Waals surface area contributed by atoms with E-state index in [-0.39, 0.29) is 6.54 Å². The minimum Gasteiger partial charge on any atom is -0.388 e. The average molecular weight is 264 g/mol. The van der Waals surface area contributed by atoms with Crippen LogP contribution in [0.1, 0.15) is 31.4 Å². The Balaban J connectivity index is 2.26. The number of benzene rings is 1. The van der Waals surface area contributed by atoms with Crippen LogP contribution in [0.25, 0.3) is 0 Å². The fourth-order valence-electron chi connectivity index (χ4n) is 1.56. The third-order valence-electron chi connectivity index (χ3n) is 2.63. The molecule has 5 heteroatoms. The number of nitrogens with one attached hydrogen (secondary N) is 2. The summed E-state index contributed by atoms with van der Waals surface area (Å²) < 4.78 is 0. The molecule has 0 heterocycles. The highest BCUT2D eigenvalue weighted by Crippen LogP contribution is 2.14. The SMILES string of the molecule is CCCNC(=O)C(=O)NCCC(O)c1ccccc1. The molecule has 2 amide bonds. The summed E-state index contributed by atoms with van der Waals surface area (Å²) in [6.45, 7) is 2.65. The van der Waals surface area contributed by atoms with Crippen molar-refractivity contribution in [1.82, 2.24) is 10.6 Å². The molecule has 1 aromatic carbocycles. The Hall–Kier alpha value is -1.88. The minimum absolute atomic E-state index is 0.258. The second kappa shape index (κ2) is 8.26. The zero-order valence-electron chi connectivity index (χ0n) is 11.1. The molecule has 0 aliphatic rings. The predicted octanol–water partition coefficient (Wildman–Crippen LogP) is 0.752. The Kier molecular flexibility index (Phi) is 6.60. The first-order valence-corrected chi connectivity index (χ1v) is 6.44. The number of amides is 2. The monoisotopic (exact) mass is 264 g/mol. The molecule has 0 aliphatic heterocycles. The molecular formula is C14H20N2O3. The highest BCUT2D eigenvalue weighted by molar-refractivity contribution is 6.35. The van der Waals surface area contributed by atoms with Gasteiger partial charge in [-0.15, -0.1) is 0 Å². The predicted molar refractivity (Wildman–Crippen MR) is 72.3 cm³/mol. The van der Waals surface area contributed by atoms with Crippen molar-refractivity contribution in [2.24, 2.45) is 0 Å². The quantitative estimate of drug-likeness (QED) is 0.663. The normalized spacial score (nSPS) is 11.7. The van der Waals surface area contributed by atoms with Gasteiger partial charge in [0, 0.05) is 13.1 Å². The van der Waals surface area contributed by atoms with E-state index >= 15 is 0 Å². The maximum absolute atomic E-state index is 11.4. The van der Waals surface area contributed by atoms with Gasteiger partial charge in [-0.3, -0.25) is 9.59 Å². The third-order valence-corrected chi connectivity index (χ3v) is 2.63. The molecule has 19 heavy (non-hydrogen) atoms. The van der Waals surface area contributed by atoms with Gasteiger partial charge < -0.3 is 15.7 Å². The van der Waals surface area contributed by atoms with Crippen LogP contribution in [-0.4, -0.2) is 30.0 Å². The van der Waals surface area contributed by atoms with Crippen LogP contribution < -0.4 is 10.6 Å². The number of carbonyl (C=O) groups excluding carboxylic acids is 2. The number of rotatable bonds is 6. The van der Waals surface area contributed by atoms with Crippen molar-refractivity contribution in [3.05, 3.63) is 35.9 Å². The molecular weight excluding hydrogens is 244 g/mol. The Morgan fingerprint density at radius 2 is 1.68 bits per heavy atom. The molecule has 1 rings (SSSR count). The molecule has 0 aromatic heterocycles. The van der Waals surface area contributed by atoms with Crippen molar-refractivity contribution >= 4 is 11.8 Å². The maximum Gasteiger partial charge on any atom is 0.309 e. The van der Waals surface area contributed by atoms with Gasteiger partial charge in [-0.05, 0) is 18.4 Å². The first-order chi connectivity index (χ1) is 9.15. The molecule has 5 nitrogen and oxygen atoms in total. The van der Waals surface area contributed by atoms with E-state index in [2.05, 4.69) is 10.6 Å². The largest absolute Gasteiger partial charge is 0.388 e. The Labute approximate surface area is 113 Å². The van der Waals surface area contributed by atoms with Gasteiger partial charge in [0.05, 0.1) is 6.10 Å². The molecule has 0 saturated heterocycles. The number of hydrogen-bond donors (Lipinski definition) is 3. The van der Waals surface area contributed by atoms with E-state index in [0.717, 1.165) is 12.0 Å². The Morgan fingerprint density at radius 3 is 2.26 bits per heavy atom. The summed E-state index contributed by atoms with van der Waals surface area (Å²) in [5.74, 6) is -1.29. The lowest BCUT2D eigenvalue weighted by atomic mass is 10.1. The summed E-state index contributed by atoms with van der Waals surface area (Å²) >= 11 is 0. The first kappa shape index (κ1) is 15.2. The van der Waals surface area contributed by atoms with Gasteiger partial charge in [0.1, 0.15) is 0 Å². The zero-order valence-corrected chi connectivity index (χ0v) is 11.1. The summed E-state index contributed by atoms with van der Waals surface area (Å²) in [5.41, 5.74) is 0.798. The standard InChI is InChI=1S/C14H20N2O3/c1-2-9-15-13(18)14(19)16-10-8-12(17)11-6-4-3-5-7-11/h3-7,12,17H,2,8-10H2,1H3,(H,15,18)(H,16,19). The second-order valence-electron chi connectivity index (χ2n) is 4.23. The van der Waals surface area contributed by atoms with E-state index in [1.54, 1.807) is 0 Å². The number of aliphatic hydroxyl groups excluding tert-OH is 1. The molecule has 0 radical (unpaired) electrons. The van der Waals surface area contributed by atoms with Gasteiger partial charge in [0.2, 0.25) is 0 Å². The van der Waals surface area contributed by atoms with E-state index in [9.17, 15) is 14.7 Å². The Bertz CT molecular complexity index is 406. The van der Waals surface area contributed by atoms with E-state index in [1.807, 2.05) is 37.3 Å². The molecule has 1 atom stereocenters. The van der Waals surface area contributed by atoms with Gasteiger partial charge in [-0.1, -0.05) is 37.3 Å². The summed E-state index contributed by atoms with van der Waals surface area (Å²) in [4.78, 5) is 22.6. The van der Waals surface area contributed by atoms with Crippen LogP contribution in [0.3, 0.4) is 0 Å². The van der Waals surface area contributed by atoms with Crippen LogP contribution in [0, 0.1) is 0 Å².